The van der Waals surface area contributed by atoms with Crippen molar-refractivity contribution in [2.45, 2.75) is 12.8 Å². The monoisotopic (exact) mass is 357 g/mol. The molecule has 1 amide bonds. The topological polar surface area (TPSA) is 93.0 Å². The van der Waals surface area contributed by atoms with Gasteiger partial charge in [-0.25, -0.2) is 17.7 Å². The maximum atomic E-state index is 12.4. The molecule has 1 aromatic heterocycles. The molecule has 1 spiro atoms. The van der Waals surface area contributed by atoms with E-state index in [4.69, 9.17) is 9.15 Å². The minimum atomic E-state index is -3.22. The van der Waals surface area contributed by atoms with E-state index in [0.29, 0.717) is 38.5 Å². The molecule has 0 aliphatic carbocycles. The number of likely N-dealkylation sites (tertiary alicyclic amines) is 1. The number of nitrogens with zero attached hydrogens (tertiary/aromatic N) is 3. The fourth-order valence-corrected chi connectivity index (χ4v) is 4.81. The Kier molecular flexibility index (Phi) is 4.67. The lowest BCUT2D eigenvalue weighted by atomic mass is 9.71. The number of aromatic nitrogens is 1. The quantitative estimate of drug-likeness (QED) is 0.776. The van der Waals surface area contributed by atoms with Crippen LogP contribution in [0.25, 0.3) is 0 Å². The van der Waals surface area contributed by atoms with Gasteiger partial charge in [0.15, 0.2) is 12.1 Å². The summed E-state index contributed by atoms with van der Waals surface area (Å²) in [6.07, 6.45) is 5.36. The maximum absolute atomic E-state index is 12.4. The molecule has 24 heavy (non-hydrogen) atoms. The maximum Gasteiger partial charge on any atom is 0.275 e. The van der Waals surface area contributed by atoms with Crippen LogP contribution in [0.4, 0.5) is 0 Å². The van der Waals surface area contributed by atoms with Gasteiger partial charge in [-0.05, 0) is 18.3 Å². The third-order valence-electron chi connectivity index (χ3n) is 5.32. The van der Waals surface area contributed by atoms with Gasteiger partial charge in [-0.1, -0.05) is 0 Å². The summed E-state index contributed by atoms with van der Waals surface area (Å²) in [4.78, 5) is 18.0. The van der Waals surface area contributed by atoms with Crippen molar-refractivity contribution in [3.63, 3.8) is 0 Å². The first-order valence-corrected chi connectivity index (χ1v) is 9.82. The standard InChI is InChI=1S/C15H23N3O5S/c1-22-8-12-7-18(24(2,20)21)10-15(12)3-5-17(6-4-15)14(19)13-9-23-11-16-13/h9,11-12H,3-8,10H2,1-2H3/t12-/m0/s1. The number of piperidine rings is 1. The van der Waals surface area contributed by atoms with Crippen molar-refractivity contribution in [2.24, 2.45) is 11.3 Å². The van der Waals surface area contributed by atoms with E-state index < -0.39 is 10.0 Å². The highest BCUT2D eigenvalue weighted by molar-refractivity contribution is 7.88. The van der Waals surface area contributed by atoms with Crippen LogP contribution in [-0.2, 0) is 14.8 Å². The molecule has 8 nitrogen and oxygen atoms in total. The summed E-state index contributed by atoms with van der Waals surface area (Å²) in [6.45, 7) is 2.70. The molecule has 0 radical (unpaired) electrons. The summed E-state index contributed by atoms with van der Waals surface area (Å²) >= 11 is 0. The lowest BCUT2D eigenvalue weighted by Gasteiger charge is -2.42. The molecule has 0 bridgehead atoms. The normalized spacial score (nSPS) is 24.6. The Bertz CT molecular complexity index is 680. The molecule has 0 N–H and O–H groups in total. The Hall–Kier alpha value is -1.45. The Labute approximate surface area is 141 Å². The van der Waals surface area contributed by atoms with E-state index in [1.54, 1.807) is 16.3 Å². The van der Waals surface area contributed by atoms with Crippen LogP contribution < -0.4 is 0 Å². The Morgan fingerprint density at radius 3 is 2.71 bits per heavy atom. The van der Waals surface area contributed by atoms with Gasteiger partial charge in [0.25, 0.3) is 5.91 Å². The zero-order chi connectivity index (χ0) is 17.4. The molecule has 2 aliphatic heterocycles. The van der Waals surface area contributed by atoms with Crippen LogP contribution in [0.2, 0.25) is 0 Å². The van der Waals surface area contributed by atoms with E-state index in [9.17, 15) is 13.2 Å². The molecule has 0 saturated carbocycles. The number of methoxy groups -OCH3 is 1. The predicted octanol–water partition coefficient (Wildman–Crippen LogP) is 0.435. The molecule has 3 heterocycles. The smallest absolute Gasteiger partial charge is 0.275 e. The number of carbonyl (C=O) groups is 1. The van der Waals surface area contributed by atoms with Gasteiger partial charge in [-0.3, -0.25) is 4.79 Å². The molecule has 0 unspecified atom stereocenters. The van der Waals surface area contributed by atoms with Crippen LogP contribution in [0, 0.1) is 11.3 Å². The summed E-state index contributed by atoms with van der Waals surface area (Å²) < 4.78 is 35.6. The number of carbonyl (C=O) groups excluding carboxylic acids is 1. The predicted molar refractivity (Wildman–Crippen MR) is 85.9 cm³/mol. The van der Waals surface area contributed by atoms with Crippen molar-refractivity contribution in [3.8, 4) is 0 Å². The van der Waals surface area contributed by atoms with Crippen LogP contribution in [0.1, 0.15) is 23.3 Å². The van der Waals surface area contributed by atoms with Crippen molar-refractivity contribution in [3.05, 3.63) is 18.4 Å². The molecule has 2 saturated heterocycles. The van der Waals surface area contributed by atoms with E-state index >= 15 is 0 Å². The highest BCUT2D eigenvalue weighted by Crippen LogP contribution is 2.45. The minimum absolute atomic E-state index is 0.125. The van der Waals surface area contributed by atoms with Crippen molar-refractivity contribution >= 4 is 15.9 Å². The highest BCUT2D eigenvalue weighted by atomic mass is 32.2. The second-order valence-corrected chi connectivity index (χ2v) is 8.72. The Morgan fingerprint density at radius 2 is 2.17 bits per heavy atom. The molecule has 9 heteroatoms. The van der Waals surface area contributed by atoms with Crippen LogP contribution in [-0.4, -0.2) is 74.7 Å². The van der Waals surface area contributed by atoms with Gasteiger partial charge >= 0.3 is 0 Å². The first-order valence-electron chi connectivity index (χ1n) is 7.97. The van der Waals surface area contributed by atoms with Crippen LogP contribution >= 0.6 is 0 Å². The summed E-state index contributed by atoms with van der Waals surface area (Å²) in [5.41, 5.74) is 0.184. The van der Waals surface area contributed by atoms with Crippen molar-refractivity contribution in [2.75, 3.05) is 46.2 Å². The minimum Gasteiger partial charge on any atom is -0.451 e. The van der Waals surface area contributed by atoms with Gasteiger partial charge in [0.05, 0.1) is 12.9 Å². The van der Waals surface area contributed by atoms with E-state index in [0.717, 1.165) is 12.8 Å². The van der Waals surface area contributed by atoms with Gasteiger partial charge in [-0.15, -0.1) is 0 Å². The average Bonchev–Trinajstić information content (AvgIpc) is 3.17. The summed E-state index contributed by atoms with van der Waals surface area (Å²) in [5, 5.41) is 0. The highest BCUT2D eigenvalue weighted by Gasteiger charge is 2.50. The SMILES string of the molecule is COC[C@@H]1CN(S(C)(=O)=O)CC12CCN(C(=O)c1cocn1)CC2. The fraction of sp³-hybridized carbons (Fsp3) is 0.733. The number of hydrogen-bond acceptors (Lipinski definition) is 6. The molecule has 1 atom stereocenters. The van der Waals surface area contributed by atoms with Crippen LogP contribution in [0.5, 0.6) is 0 Å². The van der Waals surface area contributed by atoms with Crippen molar-refractivity contribution in [1.29, 1.82) is 0 Å². The first kappa shape index (κ1) is 17.4. The van der Waals surface area contributed by atoms with E-state index in [2.05, 4.69) is 4.98 Å². The molecule has 0 aromatic carbocycles. The first-order chi connectivity index (χ1) is 11.4. The zero-order valence-electron chi connectivity index (χ0n) is 14.0. The lowest BCUT2D eigenvalue weighted by Crippen LogP contribution is -2.47. The number of rotatable bonds is 4. The summed E-state index contributed by atoms with van der Waals surface area (Å²) in [5.74, 6) is 0.0152. The molecular weight excluding hydrogens is 334 g/mol. The van der Waals surface area contributed by atoms with Gasteiger partial charge < -0.3 is 14.1 Å². The van der Waals surface area contributed by atoms with Crippen LogP contribution in [0.15, 0.2) is 17.1 Å². The third kappa shape index (κ3) is 3.20. The zero-order valence-corrected chi connectivity index (χ0v) is 14.8. The Balaban J connectivity index is 1.71. The Morgan fingerprint density at radius 1 is 1.46 bits per heavy atom. The largest absolute Gasteiger partial charge is 0.451 e. The third-order valence-corrected chi connectivity index (χ3v) is 6.53. The molecule has 2 fully saturated rings. The number of oxazole rings is 1. The number of sulfonamides is 1. The average molecular weight is 357 g/mol. The summed E-state index contributed by atoms with van der Waals surface area (Å²) in [6, 6.07) is 0. The second kappa shape index (κ2) is 6.45. The molecule has 134 valence electrons. The van der Waals surface area contributed by atoms with Crippen molar-refractivity contribution in [1.82, 2.24) is 14.2 Å². The second-order valence-electron chi connectivity index (χ2n) is 6.74. The van der Waals surface area contributed by atoms with Crippen LogP contribution in [0.3, 0.4) is 0 Å². The van der Waals surface area contributed by atoms with Gasteiger partial charge in [0, 0.05) is 39.2 Å². The van der Waals surface area contributed by atoms with Gasteiger partial charge in [-0.2, -0.15) is 0 Å². The van der Waals surface area contributed by atoms with Crippen molar-refractivity contribution < 1.29 is 22.4 Å². The molecule has 2 aliphatic rings. The molecular formula is C15H23N3O5S. The summed E-state index contributed by atoms with van der Waals surface area (Å²) in [7, 11) is -1.58. The van der Waals surface area contributed by atoms with Gasteiger partial charge in [0.1, 0.15) is 6.26 Å². The van der Waals surface area contributed by atoms with Gasteiger partial charge in [0.2, 0.25) is 10.0 Å². The van der Waals surface area contributed by atoms with E-state index in [-0.39, 0.29) is 17.2 Å². The fourth-order valence-electron chi connectivity index (χ4n) is 3.87. The van der Waals surface area contributed by atoms with E-state index in [1.807, 2.05) is 0 Å². The molecule has 3 rings (SSSR count). The molecule has 1 aromatic rings. The number of amides is 1. The number of hydrogen-bond donors (Lipinski definition) is 0. The number of ether oxygens (including phenoxy) is 1. The lowest BCUT2D eigenvalue weighted by molar-refractivity contribution is 0.0324. The van der Waals surface area contributed by atoms with E-state index in [1.165, 1.54) is 18.9 Å².